The van der Waals surface area contributed by atoms with Crippen molar-refractivity contribution in [2.75, 3.05) is 42.7 Å². The Kier molecular flexibility index (Phi) is 80.0. The molecule has 6 heteroatoms. The number of hydrogen-bond donors (Lipinski definition) is 6. The molecule has 0 aliphatic heterocycles. The van der Waals surface area contributed by atoms with Crippen LogP contribution in [-0.4, -0.2) is 73.3 Å². The van der Waals surface area contributed by atoms with Gasteiger partial charge in [-0.25, -0.2) is 0 Å². The first-order valence-electron chi connectivity index (χ1n) is 48.0. The molecule has 0 heterocycles. The quantitative estimate of drug-likeness (QED) is 0.0842. The topological polar surface area (TPSA) is 121 Å². The third-order valence-corrected chi connectivity index (χ3v) is 17.2. The Balaban J connectivity index is -0.00000140. The predicted octanol–water partition coefficient (Wildman–Crippen LogP) is 37.3. The highest BCUT2D eigenvalue weighted by atomic mass is 16.2. The van der Waals surface area contributed by atoms with Gasteiger partial charge in [-0.2, -0.15) is 0 Å². The summed E-state index contributed by atoms with van der Waals surface area (Å²) in [5.41, 5.74) is 0. The minimum Gasteiger partial charge on any atom is -0.400 e. The summed E-state index contributed by atoms with van der Waals surface area (Å²) in [5.74, 6) is 2.50. The molecule has 720 valence electrons. The molecule has 0 spiro atoms. The van der Waals surface area contributed by atoms with Crippen LogP contribution in [-0.2, 0) is 0 Å². The van der Waals surface area contributed by atoms with Crippen LogP contribution in [0.4, 0.5) is 0 Å². The third kappa shape index (κ3) is 50.3. The van der Waals surface area contributed by atoms with Gasteiger partial charge in [0.25, 0.3) is 0 Å². The molecule has 21 aromatic carbocycles. The first-order valence-corrected chi connectivity index (χ1v) is 48.0. The van der Waals surface area contributed by atoms with Gasteiger partial charge < -0.3 is 30.6 Å². The molecule has 0 amide bonds. The maximum absolute atomic E-state index is 7.00. The molecule has 6 N–H and O–H groups in total. The van der Waals surface area contributed by atoms with E-state index >= 15 is 0 Å². The zero-order valence-electron chi connectivity index (χ0n) is 87.1. The molecular formula is C129H168O6. The maximum Gasteiger partial charge on any atom is 0.0319 e. The fourth-order valence-corrected chi connectivity index (χ4v) is 12.6. The molecule has 135 heavy (non-hydrogen) atoms. The second-order valence-electron chi connectivity index (χ2n) is 30.7. The van der Waals surface area contributed by atoms with Gasteiger partial charge in [0.2, 0.25) is 0 Å². The van der Waals surface area contributed by atoms with E-state index in [9.17, 15) is 0 Å². The predicted molar refractivity (Wildman–Crippen MR) is 614 cm³/mol. The van der Waals surface area contributed by atoms with E-state index in [-0.39, 0.29) is 0 Å². The number of aliphatic hydroxyl groups is 6. The Morgan fingerprint density at radius 2 is 0.178 bits per heavy atom. The minimum absolute atomic E-state index is 0.833. The summed E-state index contributed by atoms with van der Waals surface area (Å²) in [6, 6.07) is 152. The molecule has 0 aliphatic rings. The van der Waals surface area contributed by atoms with Crippen molar-refractivity contribution >= 4 is 129 Å². The van der Waals surface area contributed by atoms with Crippen LogP contribution in [0.15, 0.2) is 437 Å². The zero-order valence-corrected chi connectivity index (χ0v) is 87.1. The Labute approximate surface area is 816 Å². The summed E-state index contributed by atoms with van der Waals surface area (Å²) >= 11 is 0. The van der Waals surface area contributed by atoms with E-state index in [1.165, 1.54) is 149 Å². The van der Waals surface area contributed by atoms with Crippen LogP contribution in [0, 0.1) is 17.8 Å². The van der Waals surface area contributed by atoms with Crippen LogP contribution in [0.2, 0.25) is 0 Å². The van der Waals surface area contributed by atoms with E-state index < -0.39 is 0 Å². The van der Waals surface area contributed by atoms with Crippen LogP contribution in [0.25, 0.3) is 129 Å². The molecule has 0 unspecified atom stereocenters. The van der Waals surface area contributed by atoms with E-state index in [0.29, 0.717) is 0 Å². The van der Waals surface area contributed by atoms with E-state index in [0.717, 1.165) is 60.4 Å². The van der Waals surface area contributed by atoms with Crippen LogP contribution in [0.5, 0.6) is 0 Å². The average Bonchev–Trinajstić information content (AvgIpc) is 0.761. The van der Waals surface area contributed by atoms with Gasteiger partial charge in [0, 0.05) is 42.7 Å². The minimum atomic E-state index is 0.833. The number of hydrogen-bond acceptors (Lipinski definition) is 6. The molecule has 21 aromatic rings. The van der Waals surface area contributed by atoms with E-state index in [1.807, 2.05) is 151 Å². The highest BCUT2D eigenvalue weighted by molar-refractivity contribution is 6.25. The lowest BCUT2D eigenvalue weighted by Crippen LogP contribution is -1.82. The summed E-state index contributed by atoms with van der Waals surface area (Å²) in [6.45, 7) is 44.3. The second-order valence-corrected chi connectivity index (χ2v) is 30.7. The molecule has 0 aliphatic carbocycles. The van der Waals surface area contributed by atoms with Gasteiger partial charge in [-0.3, -0.25) is 0 Å². The Bertz CT molecular complexity index is 4840. The first-order chi connectivity index (χ1) is 66.1. The fraction of sp³-hybridized carbons (Fsp3) is 0.256. The van der Waals surface area contributed by atoms with Gasteiger partial charge in [-0.1, -0.05) is 601 Å². The van der Waals surface area contributed by atoms with E-state index in [4.69, 9.17) is 30.6 Å². The van der Waals surface area contributed by atoms with Gasteiger partial charge >= 0.3 is 0 Å². The first kappa shape index (κ1) is 126. The SMILES string of the molecule is CC.CC.CC.CC(C)C.CC(C)C.CC(C)C.CCC.CCC.CCC.CO.CO.CO.CO.CO.CO.c1cc2ccc3cccc4ccc(c1)c2c34.c1cc2ccc3cccc4ccc(c1)c2c34.c1cc2ccc3cccc4ccc(c1)c2c34.c1ccc2ccccc2c1.c1ccc2ccccc2c1.c1ccc2ccccc2c1.c1ccccc1.c1ccccc1.c1ccccc1. The number of rotatable bonds is 0. The molecular weight excluding hydrogens is 1650 g/mol. The molecule has 0 saturated carbocycles. The Morgan fingerprint density at radius 3 is 0.244 bits per heavy atom. The number of fused-ring (bicyclic) bond motifs is 3. The molecule has 0 radical (unpaired) electrons. The highest BCUT2D eigenvalue weighted by Crippen LogP contribution is 2.37. The normalized spacial score (nSPS) is 9.07. The molecule has 6 nitrogen and oxygen atoms in total. The van der Waals surface area contributed by atoms with Crippen molar-refractivity contribution in [2.24, 2.45) is 17.8 Å². The largest absolute Gasteiger partial charge is 0.400 e. The average molecular weight is 1810 g/mol. The third-order valence-electron chi connectivity index (χ3n) is 17.2. The second kappa shape index (κ2) is 85.5. The van der Waals surface area contributed by atoms with Crippen molar-refractivity contribution in [2.45, 2.75) is 165 Å². The van der Waals surface area contributed by atoms with Crippen LogP contribution in [0.3, 0.4) is 0 Å². The molecule has 0 saturated heterocycles. The van der Waals surface area contributed by atoms with Crippen LogP contribution >= 0.6 is 0 Å². The van der Waals surface area contributed by atoms with Gasteiger partial charge in [0.1, 0.15) is 0 Å². The van der Waals surface area contributed by atoms with Gasteiger partial charge in [0.15, 0.2) is 0 Å². The summed E-state index contributed by atoms with van der Waals surface area (Å²) < 4.78 is 0. The highest BCUT2D eigenvalue weighted by Gasteiger charge is 2.09. The van der Waals surface area contributed by atoms with E-state index in [1.54, 1.807) is 0 Å². The zero-order chi connectivity index (χ0) is 102. The Hall–Kier alpha value is -12.7. The Morgan fingerprint density at radius 1 is 0.119 bits per heavy atom. The standard InChI is InChI=1S/3C16H10.3C10H8.3C6H6.3C4H10.3C3H8.3C2H6.6CH4O/c3*1-3-11-7-9-13-5-2-6-14-10-8-12(4-1)15(11)16(13)14;3*1-2-6-10-8-4-3-7-9(10)5-1;3*1-2-4-6-5-3-1;3*1-4(2)3;3*1-3-2;9*1-2/h3*1-10H;3*1-8H;3*1-6H;3*4H,1-3H3;3*3H2,1-2H3;3*1-2H3;6*2H,1H3. The summed E-state index contributed by atoms with van der Waals surface area (Å²) in [5, 5.41) is 74.3. The molecule has 0 bridgehead atoms. The van der Waals surface area contributed by atoms with Crippen molar-refractivity contribution < 1.29 is 30.6 Å². The lowest BCUT2D eigenvalue weighted by molar-refractivity contribution is 0.399. The number of benzene rings is 21. The summed E-state index contributed by atoms with van der Waals surface area (Å²) in [6.07, 6.45) is 3.75. The van der Waals surface area contributed by atoms with Crippen molar-refractivity contribution in [3.63, 3.8) is 0 Å². The van der Waals surface area contributed by atoms with Crippen molar-refractivity contribution in [3.05, 3.63) is 437 Å². The van der Waals surface area contributed by atoms with Crippen molar-refractivity contribution in [1.82, 2.24) is 0 Å². The monoisotopic (exact) mass is 1810 g/mol. The molecule has 0 atom stereocenters. The molecule has 0 fully saturated rings. The van der Waals surface area contributed by atoms with E-state index in [2.05, 4.69) is 431 Å². The van der Waals surface area contributed by atoms with Gasteiger partial charge in [-0.15, -0.1) is 0 Å². The smallest absolute Gasteiger partial charge is 0.0319 e. The maximum atomic E-state index is 7.00. The summed E-state index contributed by atoms with van der Waals surface area (Å²) in [4.78, 5) is 0. The van der Waals surface area contributed by atoms with Crippen LogP contribution < -0.4 is 0 Å². The fourth-order valence-electron chi connectivity index (χ4n) is 12.6. The van der Waals surface area contributed by atoms with Gasteiger partial charge in [0.05, 0.1) is 0 Å². The van der Waals surface area contributed by atoms with Crippen molar-refractivity contribution in [3.8, 4) is 0 Å². The van der Waals surface area contributed by atoms with Crippen LogP contribution in [0.1, 0.15) is 165 Å². The van der Waals surface area contributed by atoms with Crippen molar-refractivity contribution in [1.29, 1.82) is 0 Å². The van der Waals surface area contributed by atoms with Gasteiger partial charge in [-0.05, 0) is 147 Å². The molecule has 21 rings (SSSR count). The molecule has 0 aromatic heterocycles. The summed E-state index contributed by atoms with van der Waals surface area (Å²) in [7, 11) is 6.00. The lowest BCUT2D eigenvalue weighted by Gasteiger charge is -2.09. The number of aliphatic hydroxyl groups excluding tert-OH is 6. The lowest BCUT2D eigenvalue weighted by atomic mass is 9.95.